The Bertz CT molecular complexity index is 605. The van der Waals surface area contributed by atoms with Crippen molar-refractivity contribution < 1.29 is 0 Å². The van der Waals surface area contributed by atoms with Crippen molar-refractivity contribution in [3.63, 3.8) is 0 Å². The molecule has 3 N–H and O–H groups in total. The first-order valence-electron chi connectivity index (χ1n) is 5.80. The minimum absolute atomic E-state index is 0.0978. The Hall–Kier alpha value is -3.09. The Morgan fingerprint density at radius 2 is 1.50 bits per heavy atom. The second-order valence-electron chi connectivity index (χ2n) is 3.66. The van der Waals surface area contributed by atoms with Crippen LogP contribution in [0, 0.1) is 0 Å². The Balaban J connectivity index is 1.86. The van der Waals surface area contributed by atoms with E-state index in [1.54, 1.807) is 37.2 Å². The van der Waals surface area contributed by atoms with Gasteiger partial charge in [-0.3, -0.25) is 9.97 Å². The predicted octanol–water partition coefficient (Wildman–Crippen LogP) is 0.749. The van der Waals surface area contributed by atoms with Crippen LogP contribution in [-0.4, -0.2) is 28.4 Å². The molecule has 2 aromatic rings. The summed E-state index contributed by atoms with van der Waals surface area (Å²) < 4.78 is 0. The van der Waals surface area contributed by atoms with Gasteiger partial charge in [-0.1, -0.05) is 0 Å². The van der Waals surface area contributed by atoms with E-state index in [4.69, 9.17) is 5.73 Å². The van der Waals surface area contributed by atoms with Gasteiger partial charge in [-0.05, 0) is 35.4 Å². The molecule has 0 aliphatic heterocycles. The van der Waals surface area contributed by atoms with Gasteiger partial charge in [-0.15, -0.1) is 5.10 Å². The third kappa shape index (κ3) is 4.65. The average Bonchev–Trinajstić information content (AvgIpc) is 2.49. The summed E-state index contributed by atoms with van der Waals surface area (Å²) in [5.74, 6) is 0.0978. The number of pyridine rings is 2. The van der Waals surface area contributed by atoms with Gasteiger partial charge in [0, 0.05) is 24.8 Å². The highest BCUT2D eigenvalue weighted by Gasteiger charge is 1.88. The highest BCUT2D eigenvalue weighted by Crippen LogP contribution is 1.91. The zero-order valence-corrected chi connectivity index (χ0v) is 10.6. The highest BCUT2D eigenvalue weighted by atomic mass is 15.4. The summed E-state index contributed by atoms with van der Waals surface area (Å²) in [7, 11) is 0. The first-order valence-corrected chi connectivity index (χ1v) is 5.80. The van der Waals surface area contributed by atoms with Crippen LogP contribution in [0.3, 0.4) is 0 Å². The molecule has 0 atom stereocenters. The fourth-order valence-corrected chi connectivity index (χ4v) is 1.25. The van der Waals surface area contributed by atoms with E-state index in [2.05, 4.69) is 30.7 Å². The lowest BCUT2D eigenvalue weighted by Gasteiger charge is -1.95. The second-order valence-corrected chi connectivity index (χ2v) is 3.66. The summed E-state index contributed by atoms with van der Waals surface area (Å²) in [6, 6.07) is 7.26. The van der Waals surface area contributed by atoms with Gasteiger partial charge in [0.1, 0.15) is 0 Å². The number of guanidine groups is 1. The van der Waals surface area contributed by atoms with Crippen LogP contribution in [0.25, 0.3) is 0 Å². The molecule has 0 saturated carbocycles. The molecule has 0 aliphatic carbocycles. The summed E-state index contributed by atoms with van der Waals surface area (Å²) in [5.41, 5.74) is 9.95. The van der Waals surface area contributed by atoms with E-state index in [1.165, 1.54) is 0 Å². The van der Waals surface area contributed by atoms with Crippen LogP contribution >= 0.6 is 0 Å². The van der Waals surface area contributed by atoms with Crippen molar-refractivity contribution in [1.29, 1.82) is 0 Å². The number of nitrogens with two attached hydrogens (primary N) is 1. The van der Waals surface area contributed by atoms with Gasteiger partial charge < -0.3 is 5.73 Å². The van der Waals surface area contributed by atoms with Crippen molar-refractivity contribution in [1.82, 2.24) is 15.4 Å². The zero-order valence-electron chi connectivity index (χ0n) is 10.6. The Morgan fingerprint density at radius 1 is 0.950 bits per heavy atom. The molecule has 0 amide bonds. The third-order valence-electron chi connectivity index (χ3n) is 2.18. The molecule has 7 heteroatoms. The summed E-state index contributed by atoms with van der Waals surface area (Å²) in [5, 5.41) is 11.5. The third-order valence-corrected chi connectivity index (χ3v) is 2.18. The van der Waals surface area contributed by atoms with Crippen LogP contribution < -0.4 is 11.2 Å². The van der Waals surface area contributed by atoms with Crippen molar-refractivity contribution in [2.75, 3.05) is 0 Å². The SMILES string of the molecule is NC(=N/N=C\c1ccncc1)N/N=C\c1ccncc1. The lowest BCUT2D eigenvalue weighted by Crippen LogP contribution is -2.26. The van der Waals surface area contributed by atoms with Crippen molar-refractivity contribution in [2.24, 2.45) is 21.0 Å². The summed E-state index contributed by atoms with van der Waals surface area (Å²) in [6.45, 7) is 0. The van der Waals surface area contributed by atoms with Gasteiger partial charge in [0.2, 0.25) is 5.96 Å². The van der Waals surface area contributed by atoms with Crippen molar-refractivity contribution in [3.8, 4) is 0 Å². The van der Waals surface area contributed by atoms with Gasteiger partial charge in [0.05, 0.1) is 12.4 Å². The van der Waals surface area contributed by atoms with Crippen molar-refractivity contribution in [3.05, 3.63) is 60.2 Å². The molecule has 0 aromatic carbocycles. The van der Waals surface area contributed by atoms with Crippen LogP contribution in [0.5, 0.6) is 0 Å². The molecule has 20 heavy (non-hydrogen) atoms. The van der Waals surface area contributed by atoms with E-state index >= 15 is 0 Å². The molecule has 0 fully saturated rings. The van der Waals surface area contributed by atoms with Gasteiger partial charge in [0.25, 0.3) is 0 Å². The number of hydrazone groups is 1. The quantitative estimate of drug-likeness (QED) is 0.485. The van der Waals surface area contributed by atoms with Crippen LogP contribution in [0.1, 0.15) is 11.1 Å². The monoisotopic (exact) mass is 267 g/mol. The summed E-state index contributed by atoms with van der Waals surface area (Å²) in [6.07, 6.45) is 9.88. The van der Waals surface area contributed by atoms with Crippen LogP contribution in [0.15, 0.2) is 64.4 Å². The highest BCUT2D eigenvalue weighted by molar-refractivity contribution is 5.84. The smallest absolute Gasteiger partial charge is 0.234 e. The molecule has 2 rings (SSSR count). The molecule has 0 bridgehead atoms. The lowest BCUT2D eigenvalue weighted by atomic mass is 10.3. The topological polar surface area (TPSA) is 101 Å². The molecule has 0 aliphatic rings. The Labute approximate surface area is 116 Å². The summed E-state index contributed by atoms with van der Waals surface area (Å²) in [4.78, 5) is 7.80. The van der Waals surface area contributed by atoms with E-state index in [1.807, 2.05) is 24.3 Å². The number of rotatable bonds is 4. The molecule has 0 radical (unpaired) electrons. The predicted molar refractivity (Wildman–Crippen MR) is 78.4 cm³/mol. The number of aromatic nitrogens is 2. The first-order chi connectivity index (χ1) is 9.84. The minimum Gasteiger partial charge on any atom is -0.367 e. The molecule has 7 nitrogen and oxygen atoms in total. The van der Waals surface area contributed by atoms with E-state index in [0.29, 0.717) is 0 Å². The maximum atomic E-state index is 5.59. The molecule has 100 valence electrons. The second kappa shape index (κ2) is 7.37. The fraction of sp³-hybridized carbons (Fsp3) is 0. The molecule has 0 spiro atoms. The zero-order chi connectivity index (χ0) is 14.0. The fourth-order valence-electron chi connectivity index (χ4n) is 1.25. The van der Waals surface area contributed by atoms with Crippen molar-refractivity contribution >= 4 is 18.4 Å². The van der Waals surface area contributed by atoms with E-state index < -0.39 is 0 Å². The van der Waals surface area contributed by atoms with Crippen LogP contribution in [-0.2, 0) is 0 Å². The van der Waals surface area contributed by atoms with Gasteiger partial charge >= 0.3 is 0 Å². The molecule has 0 saturated heterocycles. The average molecular weight is 267 g/mol. The van der Waals surface area contributed by atoms with Gasteiger partial charge in [-0.2, -0.15) is 10.2 Å². The largest absolute Gasteiger partial charge is 0.367 e. The molecular formula is C13H13N7. The maximum absolute atomic E-state index is 5.59. The van der Waals surface area contributed by atoms with Crippen LogP contribution in [0.4, 0.5) is 0 Å². The van der Waals surface area contributed by atoms with Gasteiger partial charge in [-0.25, -0.2) is 5.43 Å². The van der Waals surface area contributed by atoms with E-state index in [9.17, 15) is 0 Å². The number of nitrogens with zero attached hydrogens (tertiary/aromatic N) is 5. The number of hydrogen-bond donors (Lipinski definition) is 2. The first kappa shape index (κ1) is 13.3. The normalized spacial score (nSPS) is 12.1. The molecule has 0 unspecified atom stereocenters. The standard InChI is InChI=1S/C13H13N7/c14-13(19-17-9-11-1-5-15-6-2-11)20-18-10-12-3-7-16-8-4-12/h1-10H,(H3,14,19,20)/b17-9-,18-10-. The lowest BCUT2D eigenvalue weighted by molar-refractivity contribution is 0.994. The molecular weight excluding hydrogens is 254 g/mol. The minimum atomic E-state index is 0.0978. The van der Waals surface area contributed by atoms with Crippen LogP contribution in [0.2, 0.25) is 0 Å². The number of hydrogen-bond acceptors (Lipinski definition) is 5. The maximum Gasteiger partial charge on any atom is 0.234 e. The summed E-state index contributed by atoms with van der Waals surface area (Å²) >= 11 is 0. The van der Waals surface area contributed by atoms with Crippen molar-refractivity contribution in [2.45, 2.75) is 0 Å². The number of nitrogens with one attached hydrogen (secondary N) is 1. The van der Waals surface area contributed by atoms with Gasteiger partial charge in [0.15, 0.2) is 0 Å². The van der Waals surface area contributed by atoms with E-state index in [-0.39, 0.29) is 5.96 Å². The Morgan fingerprint density at radius 3 is 2.10 bits per heavy atom. The Kier molecular flexibility index (Phi) is 4.92. The molecule has 2 aromatic heterocycles. The van der Waals surface area contributed by atoms with E-state index in [0.717, 1.165) is 11.1 Å². The molecule has 2 heterocycles.